The van der Waals surface area contributed by atoms with E-state index in [4.69, 9.17) is 0 Å². The topological polar surface area (TPSA) is 0 Å². The highest BCUT2D eigenvalue weighted by molar-refractivity contribution is 5.11. The molecule has 3 aliphatic rings. The molecule has 0 aromatic rings. The van der Waals surface area contributed by atoms with Crippen LogP contribution in [0.4, 0.5) is 0 Å². The van der Waals surface area contributed by atoms with Gasteiger partial charge in [-0.3, -0.25) is 0 Å². The maximum atomic E-state index is 2.61. The van der Waals surface area contributed by atoms with Crippen LogP contribution < -0.4 is 0 Å². The van der Waals surface area contributed by atoms with Crippen molar-refractivity contribution in [3.63, 3.8) is 0 Å². The first-order valence-electron chi connectivity index (χ1n) is 10.4. The highest BCUT2D eigenvalue weighted by atomic mass is 14.4. The fourth-order valence-electron chi connectivity index (χ4n) is 5.07. The normalized spacial score (nSPS) is 37.7. The smallest absolute Gasteiger partial charge is 0.0203 e. The van der Waals surface area contributed by atoms with Crippen molar-refractivity contribution < 1.29 is 0 Å². The zero-order valence-electron chi connectivity index (χ0n) is 15.7. The van der Waals surface area contributed by atoms with Crippen LogP contribution in [-0.2, 0) is 0 Å². The molecule has 0 saturated heterocycles. The van der Waals surface area contributed by atoms with Crippen LogP contribution in [0.1, 0.15) is 106 Å². The van der Waals surface area contributed by atoms with Crippen molar-refractivity contribution >= 4 is 0 Å². The van der Waals surface area contributed by atoms with E-state index in [9.17, 15) is 0 Å². The van der Waals surface area contributed by atoms with Crippen molar-refractivity contribution in [1.29, 1.82) is 0 Å². The molecule has 3 rings (SSSR count). The Morgan fingerprint density at radius 1 is 0.696 bits per heavy atom. The van der Waals surface area contributed by atoms with E-state index >= 15 is 0 Å². The van der Waals surface area contributed by atoms with E-state index < -0.39 is 0 Å². The van der Waals surface area contributed by atoms with Crippen molar-refractivity contribution in [3.05, 3.63) is 11.6 Å². The molecular weight excluding hydrogens is 276 g/mol. The molecule has 1 unspecified atom stereocenters. The minimum absolute atomic E-state index is 0. The molecule has 0 amide bonds. The predicted molar refractivity (Wildman–Crippen MR) is 106 cm³/mol. The zero-order chi connectivity index (χ0) is 15.9. The van der Waals surface area contributed by atoms with Gasteiger partial charge in [-0.05, 0) is 87.4 Å². The van der Waals surface area contributed by atoms with E-state index in [1.54, 1.807) is 0 Å². The van der Waals surface area contributed by atoms with Gasteiger partial charge in [-0.15, -0.1) is 0 Å². The van der Waals surface area contributed by atoms with E-state index in [0.29, 0.717) is 0 Å². The molecule has 2 fully saturated rings. The molecule has 0 N–H and O–H groups in total. The first kappa shape index (κ1) is 20.8. The summed E-state index contributed by atoms with van der Waals surface area (Å²) in [6.07, 6.45) is 19.0. The molecule has 2 saturated carbocycles. The van der Waals surface area contributed by atoms with Gasteiger partial charge in [-0.2, -0.15) is 0 Å². The Hall–Kier alpha value is -0.260. The Morgan fingerprint density at radius 2 is 1.22 bits per heavy atom. The van der Waals surface area contributed by atoms with Crippen molar-refractivity contribution in [2.45, 2.75) is 106 Å². The van der Waals surface area contributed by atoms with Crippen LogP contribution in [0.5, 0.6) is 0 Å². The summed E-state index contributed by atoms with van der Waals surface area (Å²) < 4.78 is 0. The third kappa shape index (κ3) is 5.95. The van der Waals surface area contributed by atoms with E-state index in [0.717, 1.165) is 29.6 Å². The Morgan fingerprint density at radius 3 is 1.70 bits per heavy atom. The van der Waals surface area contributed by atoms with Gasteiger partial charge in [0.25, 0.3) is 0 Å². The van der Waals surface area contributed by atoms with Gasteiger partial charge in [-0.25, -0.2) is 0 Å². The molecule has 1 atom stereocenters. The summed E-state index contributed by atoms with van der Waals surface area (Å²) in [5, 5.41) is 0. The van der Waals surface area contributed by atoms with Gasteiger partial charge in [0.15, 0.2) is 0 Å². The Bertz CT molecular complexity index is 324. The van der Waals surface area contributed by atoms with Crippen LogP contribution in [0.25, 0.3) is 0 Å². The van der Waals surface area contributed by atoms with E-state index in [1.807, 2.05) is 19.4 Å². The van der Waals surface area contributed by atoms with E-state index in [-0.39, 0.29) is 7.43 Å². The lowest BCUT2D eigenvalue weighted by atomic mass is 9.67. The maximum Gasteiger partial charge on any atom is -0.0203 e. The molecule has 0 aromatic carbocycles. The lowest BCUT2D eigenvalue weighted by molar-refractivity contribution is 0.156. The standard InChI is InChI=1S/C20H34.C2H6.CH4/c1-15-3-7-17(8-4-15)19-11-13-20(14-12-19)18-9-5-16(2)6-10-18;1-2;/h7,15-16,18-20H,3-6,8-14H2,1-2H3;1-2H3;1H4. The fourth-order valence-corrected chi connectivity index (χ4v) is 5.07. The second-order valence-electron chi connectivity index (χ2n) is 8.29. The SMILES string of the molecule is C.CC.CC1CC=C(C2CCC(C3CCC(C)CC3)CC2)CC1. The number of allylic oxidation sites excluding steroid dienone is 2. The van der Waals surface area contributed by atoms with Gasteiger partial charge in [0.2, 0.25) is 0 Å². The minimum Gasteiger partial charge on any atom is -0.0848 e. The van der Waals surface area contributed by atoms with Gasteiger partial charge >= 0.3 is 0 Å². The Labute approximate surface area is 147 Å². The molecule has 0 spiro atoms. The first-order chi connectivity index (χ1) is 10.7. The summed E-state index contributed by atoms with van der Waals surface area (Å²) in [4.78, 5) is 0. The van der Waals surface area contributed by atoms with Crippen LogP contribution in [0.15, 0.2) is 11.6 Å². The summed E-state index contributed by atoms with van der Waals surface area (Å²) >= 11 is 0. The monoisotopic (exact) mass is 320 g/mol. The summed E-state index contributed by atoms with van der Waals surface area (Å²) in [7, 11) is 0. The van der Waals surface area contributed by atoms with Crippen molar-refractivity contribution in [3.8, 4) is 0 Å². The third-order valence-electron chi connectivity index (χ3n) is 6.73. The average molecular weight is 321 g/mol. The maximum absolute atomic E-state index is 2.61. The van der Waals surface area contributed by atoms with Crippen LogP contribution in [0, 0.1) is 29.6 Å². The van der Waals surface area contributed by atoms with E-state index in [1.165, 1.54) is 70.6 Å². The molecule has 0 nitrogen and oxygen atoms in total. The molecule has 0 aromatic heterocycles. The number of rotatable bonds is 2. The summed E-state index contributed by atoms with van der Waals surface area (Å²) in [5.41, 5.74) is 1.85. The third-order valence-corrected chi connectivity index (χ3v) is 6.73. The fraction of sp³-hybridized carbons (Fsp3) is 0.913. The molecule has 0 heteroatoms. The van der Waals surface area contributed by atoms with Gasteiger partial charge < -0.3 is 0 Å². The number of hydrogen-bond donors (Lipinski definition) is 0. The highest BCUT2D eigenvalue weighted by Gasteiger charge is 2.31. The Balaban J connectivity index is 0.000000849. The van der Waals surface area contributed by atoms with Gasteiger partial charge in [0, 0.05) is 0 Å². The molecule has 23 heavy (non-hydrogen) atoms. The van der Waals surface area contributed by atoms with Gasteiger partial charge in [0.05, 0.1) is 0 Å². The van der Waals surface area contributed by atoms with Crippen molar-refractivity contribution in [1.82, 2.24) is 0 Å². The molecule has 0 bridgehead atoms. The molecule has 0 radical (unpaired) electrons. The second kappa shape index (κ2) is 10.6. The molecule has 0 aliphatic heterocycles. The summed E-state index contributed by atoms with van der Waals surface area (Å²) in [5.74, 6) is 5.10. The van der Waals surface area contributed by atoms with E-state index in [2.05, 4.69) is 19.9 Å². The van der Waals surface area contributed by atoms with Crippen LogP contribution >= 0.6 is 0 Å². The molecular formula is C23H44. The van der Waals surface area contributed by atoms with Crippen molar-refractivity contribution in [2.24, 2.45) is 29.6 Å². The lowest BCUT2D eigenvalue weighted by Crippen LogP contribution is -2.26. The van der Waals surface area contributed by atoms with Crippen LogP contribution in [-0.4, -0.2) is 0 Å². The first-order valence-corrected chi connectivity index (χ1v) is 10.4. The molecule has 0 heterocycles. The van der Waals surface area contributed by atoms with Crippen LogP contribution in [0.2, 0.25) is 0 Å². The lowest BCUT2D eigenvalue weighted by Gasteiger charge is -2.38. The predicted octanol–water partition coefficient (Wildman–Crippen LogP) is 8.03. The summed E-state index contributed by atoms with van der Waals surface area (Å²) in [6.45, 7) is 8.86. The second-order valence-corrected chi connectivity index (χ2v) is 8.29. The largest absolute Gasteiger partial charge is 0.0848 e. The summed E-state index contributed by atoms with van der Waals surface area (Å²) in [6, 6.07) is 0. The van der Waals surface area contributed by atoms with Gasteiger partial charge in [0.1, 0.15) is 0 Å². The van der Waals surface area contributed by atoms with Crippen LogP contribution in [0.3, 0.4) is 0 Å². The zero-order valence-corrected chi connectivity index (χ0v) is 15.7. The minimum atomic E-state index is 0. The number of hydrogen-bond acceptors (Lipinski definition) is 0. The van der Waals surface area contributed by atoms with Crippen molar-refractivity contribution in [2.75, 3.05) is 0 Å². The quantitative estimate of drug-likeness (QED) is 0.452. The molecule has 3 aliphatic carbocycles. The molecule has 136 valence electrons. The van der Waals surface area contributed by atoms with Gasteiger partial charge in [-0.1, -0.05) is 59.6 Å². The average Bonchev–Trinajstić information content (AvgIpc) is 2.58. The Kier molecular flexibility index (Phi) is 9.55. The highest BCUT2D eigenvalue weighted by Crippen LogP contribution is 2.44.